The summed E-state index contributed by atoms with van der Waals surface area (Å²) in [5.74, 6) is -0.251. The number of halogens is 1. The van der Waals surface area contributed by atoms with Gasteiger partial charge in [-0.2, -0.15) is 0 Å². The summed E-state index contributed by atoms with van der Waals surface area (Å²) in [5, 5.41) is 4.36. The Balaban J connectivity index is 1.55. The Morgan fingerprint density at radius 2 is 1.78 bits per heavy atom. The molecule has 2 aromatic carbocycles. The third-order valence-corrected chi connectivity index (χ3v) is 10.5. The molecule has 0 bridgehead atoms. The van der Waals surface area contributed by atoms with Gasteiger partial charge in [0.1, 0.15) is 5.00 Å². The van der Waals surface area contributed by atoms with E-state index in [1.54, 1.807) is 0 Å². The number of amides is 2. The lowest BCUT2D eigenvalue weighted by atomic mass is 9.69. The fourth-order valence-corrected chi connectivity index (χ4v) is 7.42. The van der Waals surface area contributed by atoms with Crippen LogP contribution in [0.3, 0.4) is 0 Å². The first-order valence-corrected chi connectivity index (χ1v) is 15.9. The van der Waals surface area contributed by atoms with E-state index in [0.717, 1.165) is 62.8 Å². The first-order valence-electron chi connectivity index (χ1n) is 14.3. The van der Waals surface area contributed by atoms with Gasteiger partial charge in [-0.15, -0.1) is 11.3 Å². The zero-order chi connectivity index (χ0) is 29.7. The largest absolute Gasteiger partial charge is 0.365 e. The second kappa shape index (κ2) is 11.0. The van der Waals surface area contributed by atoms with Gasteiger partial charge in [-0.25, -0.2) is 4.98 Å². The molecule has 0 spiro atoms. The number of aromatic nitrogens is 1. The molecule has 0 unspecified atom stereocenters. The van der Waals surface area contributed by atoms with Crippen molar-refractivity contribution in [1.82, 2.24) is 4.98 Å². The van der Waals surface area contributed by atoms with Crippen LogP contribution < -0.4 is 11.1 Å². The Bertz CT molecular complexity index is 1650. The third kappa shape index (κ3) is 5.84. The number of hydrogen-bond acceptors (Lipinski definition) is 4. The summed E-state index contributed by atoms with van der Waals surface area (Å²) < 4.78 is 0.858. The van der Waals surface area contributed by atoms with Crippen LogP contribution in [-0.4, -0.2) is 16.8 Å². The number of nitrogens with one attached hydrogen (secondary N) is 1. The fourth-order valence-electron chi connectivity index (χ4n) is 5.74. The molecule has 3 N–H and O–H groups in total. The van der Waals surface area contributed by atoms with E-state index in [0.29, 0.717) is 22.0 Å². The molecule has 2 heterocycles. The van der Waals surface area contributed by atoms with Crippen LogP contribution in [0.1, 0.15) is 91.1 Å². The van der Waals surface area contributed by atoms with Crippen LogP contribution in [0.2, 0.25) is 0 Å². The fraction of sp³-hybridized carbons (Fsp3) is 0.382. The number of primary amides is 1. The van der Waals surface area contributed by atoms with Crippen molar-refractivity contribution in [3.05, 3.63) is 80.1 Å². The van der Waals surface area contributed by atoms with E-state index in [1.165, 1.54) is 16.9 Å². The highest BCUT2D eigenvalue weighted by Gasteiger charge is 2.35. The Morgan fingerprint density at radius 1 is 1.07 bits per heavy atom. The number of pyridine rings is 1. The number of rotatable bonds is 6. The van der Waals surface area contributed by atoms with Crippen LogP contribution in [0.15, 0.2) is 53.0 Å². The van der Waals surface area contributed by atoms with Crippen molar-refractivity contribution >= 4 is 55.0 Å². The number of fused-ring (bicyclic) bond motifs is 2. The van der Waals surface area contributed by atoms with E-state index in [2.05, 4.69) is 87.1 Å². The molecule has 1 atom stereocenters. The summed E-state index contributed by atoms with van der Waals surface area (Å²) in [6.07, 6.45) is 3.81. The molecule has 7 heteroatoms. The van der Waals surface area contributed by atoms with Crippen molar-refractivity contribution in [2.24, 2.45) is 17.1 Å². The van der Waals surface area contributed by atoms with Gasteiger partial charge < -0.3 is 11.1 Å². The quantitative estimate of drug-likeness (QED) is 0.223. The second-order valence-electron chi connectivity index (χ2n) is 12.9. The minimum atomic E-state index is -0.493. The van der Waals surface area contributed by atoms with Crippen LogP contribution in [-0.2, 0) is 18.3 Å². The summed E-state index contributed by atoms with van der Waals surface area (Å²) in [6, 6.07) is 15.9. The number of benzene rings is 2. The molecule has 0 saturated heterocycles. The van der Waals surface area contributed by atoms with Crippen LogP contribution in [0, 0.1) is 11.3 Å². The van der Waals surface area contributed by atoms with Gasteiger partial charge in [-0.3, -0.25) is 9.59 Å². The zero-order valence-electron chi connectivity index (χ0n) is 24.7. The molecule has 2 amide bonds. The van der Waals surface area contributed by atoms with Gasteiger partial charge in [0.25, 0.3) is 11.8 Å². The summed E-state index contributed by atoms with van der Waals surface area (Å²) in [7, 11) is 0. The van der Waals surface area contributed by atoms with E-state index in [1.807, 2.05) is 24.3 Å². The van der Waals surface area contributed by atoms with Gasteiger partial charge in [-0.05, 0) is 71.4 Å². The van der Waals surface area contributed by atoms with Gasteiger partial charge >= 0.3 is 0 Å². The van der Waals surface area contributed by atoms with Crippen molar-refractivity contribution < 1.29 is 9.59 Å². The average Bonchev–Trinajstić information content (AvgIpc) is 3.29. The summed E-state index contributed by atoms with van der Waals surface area (Å²) >= 11 is 5.05. The lowest BCUT2D eigenvalue weighted by molar-refractivity contribution is 0.0999. The molecule has 0 aliphatic heterocycles. The van der Waals surface area contributed by atoms with Crippen LogP contribution in [0.5, 0.6) is 0 Å². The van der Waals surface area contributed by atoms with E-state index >= 15 is 0 Å². The minimum absolute atomic E-state index is 0.0387. The van der Waals surface area contributed by atoms with Crippen LogP contribution in [0.25, 0.3) is 22.2 Å². The van der Waals surface area contributed by atoms with E-state index < -0.39 is 5.91 Å². The van der Waals surface area contributed by atoms with Gasteiger partial charge in [0.15, 0.2) is 0 Å². The van der Waals surface area contributed by atoms with E-state index in [4.69, 9.17) is 10.7 Å². The number of anilines is 1. The van der Waals surface area contributed by atoms with Gasteiger partial charge in [0.05, 0.1) is 22.3 Å². The topological polar surface area (TPSA) is 85.1 Å². The van der Waals surface area contributed by atoms with Gasteiger partial charge in [-0.1, -0.05) is 88.2 Å². The predicted molar refractivity (Wildman–Crippen MR) is 174 cm³/mol. The van der Waals surface area contributed by atoms with Crippen molar-refractivity contribution in [3.8, 4) is 11.3 Å². The highest BCUT2D eigenvalue weighted by molar-refractivity contribution is 9.10. The normalized spacial score (nSPS) is 15.5. The van der Waals surface area contributed by atoms with Crippen LogP contribution >= 0.6 is 27.3 Å². The SMILES string of the molecule is CCC(C)(C)[C@@H]1CCc2c(sc(NC(=O)c3cc(-c4ccc(C(C)(C)C)cc4)nc4ccc(Br)cc34)c2C(N)=O)C1. The number of hydrogen-bond donors (Lipinski definition) is 2. The molecule has 214 valence electrons. The standard InChI is InChI=1S/C34H38BrN3O2S/c1-7-34(5,6)21-12-14-23-28(16-21)41-32(29(23)30(36)39)38-31(40)25-18-27(37-26-15-13-22(35)17-24(25)26)19-8-10-20(11-9-19)33(2,3)4/h8-11,13,15,17-18,21H,7,12,14,16H2,1-6H3,(H2,36,39)(H,38,40)/t21-/m1/s1. The van der Waals surface area contributed by atoms with E-state index in [-0.39, 0.29) is 16.7 Å². The molecule has 0 saturated carbocycles. The van der Waals surface area contributed by atoms with Gasteiger partial charge in [0, 0.05) is 20.3 Å². The Labute approximate surface area is 255 Å². The minimum Gasteiger partial charge on any atom is -0.365 e. The van der Waals surface area contributed by atoms with Gasteiger partial charge in [0.2, 0.25) is 0 Å². The maximum Gasteiger partial charge on any atom is 0.257 e. The zero-order valence-corrected chi connectivity index (χ0v) is 27.1. The number of carbonyl (C=O) groups excluding carboxylic acids is 2. The predicted octanol–water partition coefficient (Wildman–Crippen LogP) is 8.92. The number of carbonyl (C=O) groups is 2. The monoisotopic (exact) mass is 631 g/mol. The first-order chi connectivity index (χ1) is 19.3. The molecule has 1 aliphatic carbocycles. The molecular weight excluding hydrogens is 594 g/mol. The molecule has 41 heavy (non-hydrogen) atoms. The number of thiophene rings is 1. The summed E-state index contributed by atoms with van der Waals surface area (Å²) in [6.45, 7) is 13.4. The highest BCUT2D eigenvalue weighted by Crippen LogP contribution is 2.45. The van der Waals surface area contributed by atoms with Crippen molar-refractivity contribution in [2.45, 2.75) is 72.6 Å². The molecule has 0 radical (unpaired) electrons. The average molecular weight is 633 g/mol. The number of nitrogens with two attached hydrogens (primary N) is 1. The second-order valence-corrected chi connectivity index (χ2v) is 14.9. The summed E-state index contributed by atoms with van der Waals surface area (Å²) in [4.78, 5) is 32.7. The third-order valence-electron chi connectivity index (χ3n) is 8.82. The molecule has 0 fully saturated rings. The smallest absolute Gasteiger partial charge is 0.257 e. The maximum absolute atomic E-state index is 14.0. The number of nitrogens with zero attached hydrogens (tertiary/aromatic N) is 1. The van der Waals surface area contributed by atoms with Crippen LogP contribution in [0.4, 0.5) is 5.00 Å². The Hall–Kier alpha value is -3.03. The lowest BCUT2D eigenvalue weighted by Crippen LogP contribution is -2.29. The molecule has 4 aromatic rings. The summed E-state index contributed by atoms with van der Waals surface area (Å²) in [5.41, 5.74) is 11.7. The molecule has 5 rings (SSSR count). The molecule has 5 nitrogen and oxygen atoms in total. The maximum atomic E-state index is 14.0. The highest BCUT2D eigenvalue weighted by atomic mass is 79.9. The Kier molecular flexibility index (Phi) is 7.90. The molecular formula is C34H38BrN3O2S. The van der Waals surface area contributed by atoms with Crippen molar-refractivity contribution in [3.63, 3.8) is 0 Å². The Morgan fingerprint density at radius 3 is 2.41 bits per heavy atom. The van der Waals surface area contributed by atoms with E-state index in [9.17, 15) is 9.59 Å². The van der Waals surface area contributed by atoms with Crippen molar-refractivity contribution in [1.29, 1.82) is 0 Å². The lowest BCUT2D eigenvalue weighted by Gasteiger charge is -2.36. The first kappa shape index (κ1) is 29.5. The van der Waals surface area contributed by atoms with Crippen molar-refractivity contribution in [2.75, 3.05) is 5.32 Å². The molecule has 2 aromatic heterocycles. The molecule has 1 aliphatic rings.